The number of aromatic nitrogens is 2. The van der Waals surface area contributed by atoms with Gasteiger partial charge in [-0.25, -0.2) is 4.98 Å². The molecule has 13 heteroatoms. The summed E-state index contributed by atoms with van der Waals surface area (Å²) in [4.78, 5) is 59.6. The fraction of sp³-hybridized carbons (Fsp3) is 0.231. The lowest BCUT2D eigenvalue weighted by Gasteiger charge is -2.29. The van der Waals surface area contributed by atoms with Crippen molar-refractivity contribution in [2.24, 2.45) is 0 Å². The molecule has 4 amide bonds. The summed E-state index contributed by atoms with van der Waals surface area (Å²) >= 11 is 0. The van der Waals surface area contributed by atoms with E-state index >= 15 is 0 Å². The van der Waals surface area contributed by atoms with Crippen LogP contribution < -0.4 is 30.7 Å². The van der Waals surface area contributed by atoms with Crippen molar-refractivity contribution in [3.8, 4) is 11.5 Å². The summed E-state index contributed by atoms with van der Waals surface area (Å²) < 4.78 is 10.7. The lowest BCUT2D eigenvalue weighted by molar-refractivity contribution is -0.137. The molecule has 0 bridgehead atoms. The topological polar surface area (TPSA) is 164 Å². The number of anilines is 4. The summed E-state index contributed by atoms with van der Waals surface area (Å²) in [5.41, 5.74) is 2.24. The second kappa shape index (κ2) is 9.93. The number of carbonyl (C=O) groups excluding carboxylic acids is 4. The molecule has 1 unspecified atom stereocenters. The maximum atomic E-state index is 13.0. The first-order chi connectivity index (χ1) is 18.9. The third kappa shape index (κ3) is 4.89. The zero-order valence-corrected chi connectivity index (χ0v) is 20.5. The van der Waals surface area contributed by atoms with Gasteiger partial charge < -0.3 is 30.3 Å². The number of nitrogens with one attached hydrogen (secondary N) is 4. The van der Waals surface area contributed by atoms with Crippen LogP contribution in [0.1, 0.15) is 28.8 Å². The van der Waals surface area contributed by atoms with Gasteiger partial charge in [0.25, 0.3) is 5.91 Å². The number of amides is 4. The molecule has 1 saturated heterocycles. The van der Waals surface area contributed by atoms with Gasteiger partial charge in [-0.05, 0) is 36.8 Å². The van der Waals surface area contributed by atoms with Gasteiger partial charge in [0.1, 0.15) is 11.9 Å². The molecule has 0 radical (unpaired) electrons. The first-order valence-electron chi connectivity index (χ1n) is 12.2. The summed E-state index contributed by atoms with van der Waals surface area (Å²) in [7, 11) is 0. The molecule has 0 aliphatic carbocycles. The summed E-state index contributed by atoms with van der Waals surface area (Å²) in [6.07, 6.45) is 1.99. The summed E-state index contributed by atoms with van der Waals surface area (Å²) in [6.45, 7) is 0.247. The second-order valence-corrected chi connectivity index (χ2v) is 9.09. The zero-order chi connectivity index (χ0) is 26.9. The minimum atomic E-state index is -0.731. The predicted molar refractivity (Wildman–Crippen MR) is 137 cm³/mol. The van der Waals surface area contributed by atoms with E-state index in [2.05, 4.69) is 31.2 Å². The fourth-order valence-corrected chi connectivity index (χ4v) is 4.69. The van der Waals surface area contributed by atoms with Crippen LogP contribution in [0, 0.1) is 0 Å². The maximum Gasteiger partial charge on any atom is 0.255 e. The number of rotatable bonds is 7. The Labute approximate surface area is 221 Å². The fourth-order valence-electron chi connectivity index (χ4n) is 4.69. The van der Waals surface area contributed by atoms with Crippen molar-refractivity contribution >= 4 is 46.8 Å². The van der Waals surface area contributed by atoms with Gasteiger partial charge in [0.2, 0.25) is 30.5 Å². The normalized spacial score (nSPS) is 17.5. The number of hydrogen-bond donors (Lipinski definition) is 4. The quantitative estimate of drug-likeness (QED) is 0.332. The van der Waals surface area contributed by atoms with Gasteiger partial charge in [0.15, 0.2) is 11.5 Å². The van der Waals surface area contributed by atoms with Gasteiger partial charge in [-0.15, -0.1) is 0 Å². The first kappa shape index (κ1) is 24.2. The molecule has 3 aromatic rings. The molecule has 6 rings (SSSR count). The highest BCUT2D eigenvalue weighted by Crippen LogP contribution is 2.35. The summed E-state index contributed by atoms with van der Waals surface area (Å²) in [5.74, 6) is 0.560. The second-order valence-electron chi connectivity index (χ2n) is 9.09. The lowest BCUT2D eigenvalue weighted by Crippen LogP contribution is -2.52. The van der Waals surface area contributed by atoms with Crippen LogP contribution >= 0.6 is 0 Å². The van der Waals surface area contributed by atoms with Gasteiger partial charge in [0, 0.05) is 47.7 Å². The van der Waals surface area contributed by atoms with E-state index in [1.165, 1.54) is 4.90 Å². The smallest absolute Gasteiger partial charge is 0.255 e. The lowest BCUT2D eigenvalue weighted by atomic mass is 10.0. The summed E-state index contributed by atoms with van der Waals surface area (Å²) in [5, 5.41) is 11.2. The van der Waals surface area contributed by atoms with Crippen molar-refractivity contribution in [1.29, 1.82) is 0 Å². The van der Waals surface area contributed by atoms with E-state index in [-0.39, 0.29) is 50.4 Å². The Hall–Kier alpha value is -5.20. The summed E-state index contributed by atoms with van der Waals surface area (Å²) in [6, 6.07) is 11.3. The van der Waals surface area contributed by atoms with E-state index in [4.69, 9.17) is 9.47 Å². The molecule has 3 aliphatic heterocycles. The minimum Gasteiger partial charge on any atom is -0.454 e. The van der Waals surface area contributed by atoms with Crippen LogP contribution in [0.15, 0.2) is 48.7 Å². The molecule has 1 atom stereocenters. The molecule has 1 aromatic heterocycles. The van der Waals surface area contributed by atoms with Gasteiger partial charge in [-0.1, -0.05) is 6.07 Å². The standard InChI is InChI=1S/C26H23N7O6/c34-22-7-5-18(24(36)32-22)33-12-16-15(25(33)37)2-1-3-17(16)30-23(35)11-28-21-8-9-27-26(31-21)29-14-4-6-19-20(10-14)39-13-38-19/h1-4,6,8-10,18H,5,7,11-13H2,(H,30,35)(H,32,34,36)(H2,27,28,29,31). The van der Waals surface area contributed by atoms with Gasteiger partial charge in [-0.2, -0.15) is 4.98 Å². The van der Waals surface area contributed by atoms with E-state index < -0.39 is 11.9 Å². The van der Waals surface area contributed by atoms with Crippen LogP contribution in [0.4, 0.5) is 23.1 Å². The highest BCUT2D eigenvalue weighted by molar-refractivity contribution is 6.07. The third-order valence-electron chi connectivity index (χ3n) is 6.57. The molecule has 13 nitrogen and oxygen atoms in total. The van der Waals surface area contributed by atoms with E-state index in [0.717, 1.165) is 0 Å². The maximum absolute atomic E-state index is 13.0. The number of carbonyl (C=O) groups is 4. The van der Waals surface area contributed by atoms with Crippen LogP contribution in [0.3, 0.4) is 0 Å². The predicted octanol–water partition coefficient (Wildman–Crippen LogP) is 1.76. The Morgan fingerprint density at radius 3 is 2.85 bits per heavy atom. The molecule has 4 N–H and O–H groups in total. The Bertz CT molecular complexity index is 1510. The largest absolute Gasteiger partial charge is 0.454 e. The van der Waals surface area contributed by atoms with Gasteiger partial charge >= 0.3 is 0 Å². The van der Waals surface area contributed by atoms with E-state index in [9.17, 15) is 19.2 Å². The average Bonchev–Trinajstić information content (AvgIpc) is 3.52. The van der Waals surface area contributed by atoms with Crippen molar-refractivity contribution in [3.05, 3.63) is 59.8 Å². The van der Waals surface area contributed by atoms with Crippen LogP contribution in [-0.2, 0) is 20.9 Å². The third-order valence-corrected chi connectivity index (χ3v) is 6.57. The van der Waals surface area contributed by atoms with Crippen molar-refractivity contribution in [2.45, 2.75) is 25.4 Å². The Morgan fingerprint density at radius 2 is 1.97 bits per heavy atom. The van der Waals surface area contributed by atoms with E-state index in [1.807, 2.05) is 6.07 Å². The molecule has 3 aliphatic rings. The Balaban J connectivity index is 1.08. The monoisotopic (exact) mass is 529 g/mol. The van der Waals surface area contributed by atoms with Crippen molar-refractivity contribution < 1.29 is 28.7 Å². The number of benzene rings is 2. The van der Waals surface area contributed by atoms with Crippen LogP contribution in [0.2, 0.25) is 0 Å². The number of ether oxygens (including phenoxy) is 2. The molecule has 4 heterocycles. The van der Waals surface area contributed by atoms with Gasteiger partial charge in [0.05, 0.1) is 6.54 Å². The highest BCUT2D eigenvalue weighted by atomic mass is 16.7. The number of fused-ring (bicyclic) bond motifs is 2. The highest BCUT2D eigenvalue weighted by Gasteiger charge is 2.39. The number of piperidine rings is 1. The Morgan fingerprint density at radius 1 is 1.10 bits per heavy atom. The van der Waals surface area contributed by atoms with Gasteiger partial charge in [-0.3, -0.25) is 24.5 Å². The molecule has 0 saturated carbocycles. The van der Waals surface area contributed by atoms with Crippen molar-refractivity contribution in [3.63, 3.8) is 0 Å². The SMILES string of the molecule is O=C1CCC(N2Cc3c(NC(=O)CNc4ccnc(Nc5ccc6c(c5)OCO6)n4)cccc3C2=O)C(=O)N1. The molecular weight excluding hydrogens is 506 g/mol. The van der Waals surface area contributed by atoms with Crippen molar-refractivity contribution in [1.82, 2.24) is 20.2 Å². The molecule has 0 spiro atoms. The van der Waals surface area contributed by atoms with E-state index in [1.54, 1.807) is 42.6 Å². The average molecular weight is 530 g/mol. The molecule has 198 valence electrons. The molecule has 39 heavy (non-hydrogen) atoms. The molecule has 2 aromatic carbocycles. The van der Waals surface area contributed by atoms with Crippen LogP contribution in [-0.4, -0.2) is 57.9 Å². The number of hydrogen-bond acceptors (Lipinski definition) is 10. The number of imide groups is 1. The number of nitrogens with zero attached hydrogens (tertiary/aromatic N) is 3. The van der Waals surface area contributed by atoms with Crippen LogP contribution in [0.25, 0.3) is 0 Å². The first-order valence-corrected chi connectivity index (χ1v) is 12.2. The molecule has 1 fully saturated rings. The van der Waals surface area contributed by atoms with Crippen molar-refractivity contribution in [2.75, 3.05) is 29.3 Å². The van der Waals surface area contributed by atoms with Crippen LogP contribution in [0.5, 0.6) is 11.5 Å². The van der Waals surface area contributed by atoms with E-state index in [0.29, 0.717) is 45.8 Å². The Kier molecular flexibility index (Phi) is 6.15. The minimum absolute atomic E-state index is 0.0883. The zero-order valence-electron chi connectivity index (χ0n) is 20.5. The molecular formula is C26H23N7O6.